The molecule has 0 aliphatic carbocycles. The zero-order valence-corrected chi connectivity index (χ0v) is 9.05. The number of anilines is 1. The second kappa shape index (κ2) is 3.88. The van der Waals surface area contributed by atoms with Crippen molar-refractivity contribution in [2.45, 2.75) is 13.8 Å². The maximum absolute atomic E-state index is 10.6. The van der Waals surface area contributed by atoms with Crippen LogP contribution in [0.4, 0.5) is 10.5 Å². The molecule has 0 radical (unpaired) electrons. The van der Waals surface area contributed by atoms with Crippen LogP contribution in [0.15, 0.2) is 12.1 Å². The molecule has 0 fully saturated rings. The number of carboxylic acid groups (broad SMARTS) is 1. The van der Waals surface area contributed by atoms with Crippen LogP contribution in [0.3, 0.4) is 0 Å². The van der Waals surface area contributed by atoms with E-state index in [0.717, 1.165) is 16.0 Å². The third-order valence-corrected chi connectivity index (χ3v) is 2.50. The quantitative estimate of drug-likeness (QED) is 0.712. The first kappa shape index (κ1) is 10.9. The van der Waals surface area contributed by atoms with Gasteiger partial charge in [-0.1, -0.05) is 11.6 Å². The molecule has 0 heterocycles. The molecule has 3 nitrogen and oxygen atoms in total. The summed E-state index contributed by atoms with van der Waals surface area (Å²) in [6.45, 7) is 3.82. The van der Waals surface area contributed by atoms with Gasteiger partial charge >= 0.3 is 0 Å². The van der Waals surface area contributed by atoms with Gasteiger partial charge in [-0.25, -0.2) is 0 Å². The number of nitrogens with zero attached hydrogens (tertiary/aromatic N) is 1. The molecular weight excluding hydrogens is 202 g/mol. The summed E-state index contributed by atoms with van der Waals surface area (Å²) in [4.78, 5) is 11.6. The number of hydrogen-bond donors (Lipinski definition) is 0. The number of carbonyl (C=O) groups is 1. The van der Waals surface area contributed by atoms with Crippen LogP contribution >= 0.6 is 11.6 Å². The number of halogens is 1. The topological polar surface area (TPSA) is 43.4 Å². The van der Waals surface area contributed by atoms with Crippen LogP contribution in [0.25, 0.3) is 0 Å². The third kappa shape index (κ3) is 1.99. The average molecular weight is 213 g/mol. The highest BCUT2D eigenvalue weighted by Gasteiger charge is 2.08. The minimum atomic E-state index is -1.27. The van der Waals surface area contributed by atoms with Gasteiger partial charge in [0, 0.05) is 7.05 Å². The first-order valence-corrected chi connectivity index (χ1v) is 4.52. The number of amides is 1. The monoisotopic (exact) mass is 212 g/mol. The molecule has 0 aliphatic rings. The summed E-state index contributed by atoms with van der Waals surface area (Å²) in [5.74, 6) is 0. The molecule has 1 rings (SSSR count). The van der Waals surface area contributed by atoms with Gasteiger partial charge in [-0.3, -0.25) is 0 Å². The van der Waals surface area contributed by atoms with Crippen LogP contribution in [0, 0.1) is 13.8 Å². The predicted octanol–water partition coefficient (Wildman–Crippen LogP) is 1.74. The molecule has 14 heavy (non-hydrogen) atoms. The Bertz CT molecular complexity index is 377. The first-order valence-electron chi connectivity index (χ1n) is 4.15. The largest absolute Gasteiger partial charge is 0.530 e. The lowest BCUT2D eigenvalue weighted by Gasteiger charge is -2.21. The lowest BCUT2D eigenvalue weighted by molar-refractivity contribution is -0.246. The maximum atomic E-state index is 10.6. The third-order valence-electron chi connectivity index (χ3n) is 2.20. The second-order valence-corrected chi connectivity index (χ2v) is 3.62. The Kier molecular flexibility index (Phi) is 3.01. The van der Waals surface area contributed by atoms with Crippen molar-refractivity contribution in [2.24, 2.45) is 0 Å². The normalized spacial score (nSPS) is 10.0. The lowest BCUT2D eigenvalue weighted by atomic mass is 10.1. The van der Waals surface area contributed by atoms with Crippen LogP contribution < -0.4 is 10.0 Å². The number of benzene rings is 1. The van der Waals surface area contributed by atoms with E-state index >= 15 is 0 Å². The van der Waals surface area contributed by atoms with Gasteiger partial charge in [0.05, 0.1) is 10.7 Å². The molecule has 0 atom stereocenters. The first-order chi connectivity index (χ1) is 6.43. The number of carbonyl (C=O) groups excluding carboxylic acids is 1. The summed E-state index contributed by atoms with van der Waals surface area (Å²) in [6, 6.07) is 3.47. The second-order valence-electron chi connectivity index (χ2n) is 3.21. The van der Waals surface area contributed by atoms with E-state index in [1.165, 1.54) is 7.05 Å². The fourth-order valence-corrected chi connectivity index (χ4v) is 1.47. The Morgan fingerprint density at radius 3 is 2.36 bits per heavy atom. The summed E-state index contributed by atoms with van der Waals surface area (Å²) < 4.78 is 0. The van der Waals surface area contributed by atoms with Gasteiger partial charge in [0.25, 0.3) is 0 Å². The molecule has 0 aromatic heterocycles. The average Bonchev–Trinajstić information content (AvgIpc) is 2.10. The van der Waals surface area contributed by atoms with Crippen LogP contribution in [0.2, 0.25) is 5.02 Å². The molecule has 76 valence electrons. The molecule has 0 saturated heterocycles. The molecule has 0 N–H and O–H groups in total. The summed E-state index contributed by atoms with van der Waals surface area (Å²) in [7, 11) is 1.41. The van der Waals surface area contributed by atoms with Gasteiger partial charge in [-0.05, 0) is 37.1 Å². The fraction of sp³-hybridized carbons (Fsp3) is 0.300. The Morgan fingerprint density at radius 2 is 1.86 bits per heavy atom. The van der Waals surface area contributed by atoms with E-state index < -0.39 is 6.09 Å². The Hall–Kier alpha value is -1.22. The van der Waals surface area contributed by atoms with E-state index in [2.05, 4.69) is 0 Å². The minimum absolute atomic E-state index is 0.416. The van der Waals surface area contributed by atoms with E-state index in [1.54, 1.807) is 12.1 Å². The van der Waals surface area contributed by atoms with Crippen molar-refractivity contribution in [3.8, 4) is 0 Å². The molecule has 1 amide bonds. The molecule has 1 aromatic carbocycles. The van der Waals surface area contributed by atoms with Crippen molar-refractivity contribution in [2.75, 3.05) is 11.9 Å². The molecule has 0 saturated carbocycles. The molecule has 1 aromatic rings. The fourth-order valence-electron chi connectivity index (χ4n) is 1.12. The van der Waals surface area contributed by atoms with E-state index in [-0.39, 0.29) is 0 Å². The Balaban J connectivity index is 3.22. The highest BCUT2D eigenvalue weighted by Crippen LogP contribution is 2.27. The van der Waals surface area contributed by atoms with E-state index in [1.807, 2.05) is 13.8 Å². The predicted molar refractivity (Wildman–Crippen MR) is 54.7 cm³/mol. The van der Waals surface area contributed by atoms with Crippen LogP contribution in [-0.2, 0) is 0 Å². The highest BCUT2D eigenvalue weighted by molar-refractivity contribution is 6.33. The van der Waals surface area contributed by atoms with Crippen molar-refractivity contribution >= 4 is 23.4 Å². The molecular formula is C10H11ClNO2-. The molecule has 0 spiro atoms. The van der Waals surface area contributed by atoms with Crippen molar-refractivity contribution < 1.29 is 9.90 Å². The van der Waals surface area contributed by atoms with Gasteiger partial charge in [0.15, 0.2) is 0 Å². The number of hydrogen-bond acceptors (Lipinski definition) is 2. The molecule has 0 aliphatic heterocycles. The van der Waals surface area contributed by atoms with Crippen LogP contribution in [0.1, 0.15) is 11.1 Å². The van der Waals surface area contributed by atoms with Crippen molar-refractivity contribution in [3.05, 3.63) is 28.3 Å². The molecule has 0 bridgehead atoms. The van der Waals surface area contributed by atoms with E-state index in [4.69, 9.17) is 11.6 Å². The smallest absolute Gasteiger partial charge is 0.141 e. The zero-order chi connectivity index (χ0) is 10.9. The van der Waals surface area contributed by atoms with E-state index in [0.29, 0.717) is 10.7 Å². The van der Waals surface area contributed by atoms with Crippen LogP contribution in [0.5, 0.6) is 0 Å². The van der Waals surface area contributed by atoms with Crippen molar-refractivity contribution in [3.63, 3.8) is 0 Å². The number of rotatable bonds is 1. The molecule has 4 heteroatoms. The standard InChI is InChI=1S/C10H12ClNO2/c1-6-4-8(11)9(5-7(6)2)12(3)10(13)14/h4-5H,1-3H3,(H,13,14)/p-1. The molecule has 0 unspecified atom stereocenters. The number of aryl methyl sites for hydroxylation is 2. The SMILES string of the molecule is Cc1cc(Cl)c(N(C)C(=O)[O-])cc1C. The Labute approximate surface area is 87.9 Å². The maximum Gasteiger partial charge on any atom is 0.141 e. The van der Waals surface area contributed by atoms with Gasteiger partial charge in [-0.15, -0.1) is 0 Å². The highest BCUT2D eigenvalue weighted by atomic mass is 35.5. The summed E-state index contributed by atoms with van der Waals surface area (Å²) in [5, 5.41) is 11.0. The summed E-state index contributed by atoms with van der Waals surface area (Å²) in [5.41, 5.74) is 2.48. The summed E-state index contributed by atoms with van der Waals surface area (Å²) in [6.07, 6.45) is -1.27. The zero-order valence-electron chi connectivity index (χ0n) is 8.30. The van der Waals surface area contributed by atoms with Gasteiger partial charge in [0.2, 0.25) is 0 Å². The van der Waals surface area contributed by atoms with Crippen molar-refractivity contribution in [1.29, 1.82) is 0 Å². The van der Waals surface area contributed by atoms with Gasteiger partial charge in [0.1, 0.15) is 6.09 Å². The van der Waals surface area contributed by atoms with Gasteiger partial charge < -0.3 is 14.8 Å². The minimum Gasteiger partial charge on any atom is -0.530 e. The lowest BCUT2D eigenvalue weighted by Crippen LogP contribution is -2.38. The Morgan fingerprint density at radius 1 is 1.36 bits per heavy atom. The van der Waals surface area contributed by atoms with Crippen molar-refractivity contribution in [1.82, 2.24) is 0 Å². The van der Waals surface area contributed by atoms with E-state index in [9.17, 15) is 9.90 Å². The van der Waals surface area contributed by atoms with Gasteiger partial charge in [-0.2, -0.15) is 0 Å². The van der Waals surface area contributed by atoms with Crippen LogP contribution in [-0.4, -0.2) is 13.1 Å². The summed E-state index contributed by atoms with van der Waals surface area (Å²) >= 11 is 5.91.